The first-order valence-electron chi connectivity index (χ1n) is 9.71. The van der Waals surface area contributed by atoms with Crippen molar-refractivity contribution in [2.45, 2.75) is 24.9 Å². The Kier molecular flexibility index (Phi) is 4.52. The van der Waals surface area contributed by atoms with E-state index < -0.39 is 0 Å². The van der Waals surface area contributed by atoms with Crippen LogP contribution in [0.1, 0.15) is 33.6 Å². The summed E-state index contributed by atoms with van der Waals surface area (Å²) in [6.07, 6.45) is 5.54. The van der Waals surface area contributed by atoms with Gasteiger partial charge in [0.05, 0.1) is 40.7 Å². The molecule has 0 aliphatic carbocycles. The predicted octanol–water partition coefficient (Wildman–Crippen LogP) is 2.89. The first-order valence-corrected chi connectivity index (χ1v) is 10.5. The zero-order chi connectivity index (χ0) is 19.8. The lowest BCUT2D eigenvalue weighted by Crippen LogP contribution is -2.48. The molecule has 0 radical (unpaired) electrons. The molecule has 3 aromatic heterocycles. The van der Waals surface area contributed by atoms with Crippen LogP contribution in [-0.4, -0.2) is 45.7 Å². The maximum atomic E-state index is 12.7. The molecule has 2 aliphatic rings. The summed E-state index contributed by atoms with van der Waals surface area (Å²) in [5.74, 6) is 0.526. The normalized spacial score (nSPS) is 17.9. The smallest absolute Gasteiger partial charge is 0.255 e. The van der Waals surface area contributed by atoms with Crippen LogP contribution in [0, 0.1) is 0 Å². The van der Waals surface area contributed by atoms with Crippen molar-refractivity contribution in [1.82, 2.24) is 20.1 Å². The topological polar surface area (TPSA) is 94.2 Å². The molecule has 1 saturated heterocycles. The number of hydrogen-bond acceptors (Lipinski definition) is 7. The Morgan fingerprint density at radius 3 is 2.83 bits per heavy atom. The highest BCUT2D eigenvalue weighted by Crippen LogP contribution is 2.46. The second-order valence-corrected chi connectivity index (χ2v) is 8.55. The molecule has 29 heavy (non-hydrogen) atoms. The molecule has 148 valence electrons. The summed E-state index contributed by atoms with van der Waals surface area (Å²) in [4.78, 5) is 21.6. The van der Waals surface area contributed by atoms with Gasteiger partial charge in [0.1, 0.15) is 5.82 Å². The molecule has 1 spiro atoms. The number of fused-ring (bicyclic) bond motifs is 2. The van der Waals surface area contributed by atoms with Crippen LogP contribution in [-0.2, 0) is 16.8 Å². The van der Waals surface area contributed by atoms with Gasteiger partial charge in [-0.25, -0.2) is 4.98 Å². The minimum Gasteiger partial charge on any atom is -0.384 e. The first-order chi connectivity index (χ1) is 14.1. The molecular weight excluding hydrogens is 386 g/mol. The lowest BCUT2D eigenvalue weighted by Gasteiger charge is -2.44. The predicted molar refractivity (Wildman–Crippen MR) is 110 cm³/mol. The second-order valence-electron chi connectivity index (χ2n) is 7.41. The van der Waals surface area contributed by atoms with Gasteiger partial charge >= 0.3 is 0 Å². The number of carbonyl (C=O) groups is 1. The van der Waals surface area contributed by atoms with Gasteiger partial charge in [-0.15, -0.1) is 11.3 Å². The molecule has 2 aliphatic heterocycles. The molecule has 0 bridgehead atoms. The van der Waals surface area contributed by atoms with Gasteiger partial charge in [-0.2, -0.15) is 10.2 Å². The number of nitrogens with zero attached hydrogens (tertiary/aromatic N) is 4. The number of likely N-dealkylation sites (tertiary alicyclic amines) is 1. The third-order valence-electron chi connectivity index (χ3n) is 5.72. The molecule has 0 aromatic carbocycles. The first kappa shape index (κ1) is 18.2. The van der Waals surface area contributed by atoms with E-state index >= 15 is 0 Å². The fraction of sp³-hybridized carbons (Fsp3) is 0.333. The standard InChI is InChI=1S/C21H21N5O2S/c22-19-3-1-2-16(25-19)18-12-15-17(29-18)5-11-28-21(15)6-9-26(10-7-21)20(27)14-4-8-23-24-13-14/h1-4,8,12-13H,5-7,9-11H2,(H2,22,25). The van der Waals surface area contributed by atoms with Gasteiger partial charge in [0, 0.05) is 24.4 Å². The summed E-state index contributed by atoms with van der Waals surface area (Å²) < 4.78 is 6.34. The van der Waals surface area contributed by atoms with E-state index in [1.54, 1.807) is 29.7 Å². The van der Waals surface area contributed by atoms with Crippen LogP contribution >= 0.6 is 11.3 Å². The Morgan fingerprint density at radius 1 is 1.21 bits per heavy atom. The van der Waals surface area contributed by atoms with E-state index in [-0.39, 0.29) is 11.5 Å². The van der Waals surface area contributed by atoms with Crippen molar-refractivity contribution in [3.05, 3.63) is 58.7 Å². The number of pyridine rings is 1. The van der Waals surface area contributed by atoms with Gasteiger partial charge in [-0.05, 0) is 42.7 Å². The van der Waals surface area contributed by atoms with E-state index in [9.17, 15) is 4.79 Å². The van der Waals surface area contributed by atoms with E-state index in [2.05, 4.69) is 21.2 Å². The summed E-state index contributed by atoms with van der Waals surface area (Å²) >= 11 is 1.77. The van der Waals surface area contributed by atoms with Crippen LogP contribution in [0.15, 0.2) is 42.7 Å². The van der Waals surface area contributed by atoms with Crippen molar-refractivity contribution >= 4 is 23.1 Å². The van der Waals surface area contributed by atoms with Crippen molar-refractivity contribution in [2.24, 2.45) is 0 Å². The van der Waals surface area contributed by atoms with Crippen LogP contribution in [0.2, 0.25) is 0 Å². The van der Waals surface area contributed by atoms with Crippen molar-refractivity contribution in [3.8, 4) is 10.6 Å². The van der Waals surface area contributed by atoms with Crippen molar-refractivity contribution in [1.29, 1.82) is 0 Å². The average molecular weight is 407 g/mol. The lowest BCUT2D eigenvalue weighted by atomic mass is 9.82. The fourth-order valence-electron chi connectivity index (χ4n) is 4.22. The molecule has 2 N–H and O–H groups in total. The molecule has 1 amide bonds. The van der Waals surface area contributed by atoms with Crippen LogP contribution in [0.4, 0.5) is 5.82 Å². The van der Waals surface area contributed by atoms with Gasteiger partial charge < -0.3 is 15.4 Å². The molecule has 0 saturated carbocycles. The van der Waals surface area contributed by atoms with Crippen molar-refractivity contribution < 1.29 is 9.53 Å². The monoisotopic (exact) mass is 407 g/mol. The highest BCUT2D eigenvalue weighted by atomic mass is 32.1. The molecule has 3 aromatic rings. The molecule has 5 rings (SSSR count). The minimum absolute atomic E-state index is 0.000696. The highest BCUT2D eigenvalue weighted by molar-refractivity contribution is 7.15. The molecule has 8 heteroatoms. The Balaban J connectivity index is 1.39. The molecule has 7 nitrogen and oxygen atoms in total. The third-order valence-corrected chi connectivity index (χ3v) is 6.94. The minimum atomic E-state index is -0.323. The second kappa shape index (κ2) is 7.20. The SMILES string of the molecule is Nc1cccc(-c2cc3c(s2)CCOC32CCN(C(=O)c3ccnnc3)CC2)n1. The van der Waals surface area contributed by atoms with E-state index in [4.69, 9.17) is 10.5 Å². The number of amides is 1. The largest absolute Gasteiger partial charge is 0.384 e. The number of thiophene rings is 1. The third kappa shape index (κ3) is 3.28. The van der Waals surface area contributed by atoms with E-state index in [1.807, 2.05) is 17.0 Å². The van der Waals surface area contributed by atoms with Gasteiger partial charge in [0.15, 0.2) is 0 Å². The van der Waals surface area contributed by atoms with Gasteiger partial charge in [0.25, 0.3) is 5.91 Å². The molecular formula is C21H21N5O2S. The number of aromatic nitrogens is 3. The molecule has 0 unspecified atom stereocenters. The molecule has 5 heterocycles. The molecule has 0 atom stereocenters. The number of nitrogen functional groups attached to an aromatic ring is 1. The number of ether oxygens (including phenoxy) is 1. The maximum Gasteiger partial charge on any atom is 0.255 e. The van der Waals surface area contributed by atoms with Gasteiger partial charge in [-0.3, -0.25) is 4.79 Å². The number of piperidine rings is 1. The summed E-state index contributed by atoms with van der Waals surface area (Å²) in [5, 5.41) is 7.56. The molecule has 1 fully saturated rings. The zero-order valence-electron chi connectivity index (χ0n) is 15.9. The van der Waals surface area contributed by atoms with E-state index in [0.717, 1.165) is 29.8 Å². The lowest BCUT2D eigenvalue weighted by molar-refractivity contribution is -0.0926. The summed E-state index contributed by atoms with van der Waals surface area (Å²) in [6, 6.07) is 9.64. The van der Waals surface area contributed by atoms with Crippen LogP contribution in [0.3, 0.4) is 0 Å². The van der Waals surface area contributed by atoms with Crippen LogP contribution < -0.4 is 5.73 Å². The summed E-state index contributed by atoms with van der Waals surface area (Å²) in [5.41, 5.74) is 8.28. The van der Waals surface area contributed by atoms with E-state index in [1.165, 1.54) is 16.6 Å². The number of rotatable bonds is 2. The summed E-state index contributed by atoms with van der Waals surface area (Å²) in [6.45, 7) is 2.02. The van der Waals surface area contributed by atoms with Crippen LogP contribution in [0.25, 0.3) is 10.6 Å². The average Bonchev–Trinajstić information content (AvgIpc) is 3.21. The number of hydrogen-bond donors (Lipinski definition) is 1. The zero-order valence-corrected chi connectivity index (χ0v) is 16.7. The maximum absolute atomic E-state index is 12.7. The highest BCUT2D eigenvalue weighted by Gasteiger charge is 2.43. The quantitative estimate of drug-likeness (QED) is 0.702. The van der Waals surface area contributed by atoms with Gasteiger partial charge in [-0.1, -0.05) is 6.07 Å². The Bertz CT molecular complexity index is 1040. The van der Waals surface area contributed by atoms with Crippen LogP contribution in [0.5, 0.6) is 0 Å². The Hall–Kier alpha value is -2.84. The summed E-state index contributed by atoms with van der Waals surface area (Å²) in [7, 11) is 0. The fourth-order valence-corrected chi connectivity index (χ4v) is 5.42. The Labute approximate surface area is 172 Å². The van der Waals surface area contributed by atoms with Gasteiger partial charge in [0.2, 0.25) is 0 Å². The number of carbonyl (C=O) groups excluding carboxylic acids is 1. The van der Waals surface area contributed by atoms with Crippen molar-refractivity contribution in [3.63, 3.8) is 0 Å². The van der Waals surface area contributed by atoms with E-state index in [0.29, 0.717) is 31.1 Å². The number of anilines is 1. The van der Waals surface area contributed by atoms with Crippen molar-refractivity contribution in [2.75, 3.05) is 25.4 Å². The Morgan fingerprint density at radius 2 is 2.07 bits per heavy atom. The number of nitrogens with two attached hydrogens (primary N) is 1.